The lowest BCUT2D eigenvalue weighted by molar-refractivity contribution is 0.0330. The molecule has 154 valence electrons. The zero-order valence-corrected chi connectivity index (χ0v) is 18.3. The van der Waals surface area contributed by atoms with E-state index in [0.29, 0.717) is 12.4 Å². The van der Waals surface area contributed by atoms with Crippen LogP contribution in [0.4, 0.5) is 0 Å². The maximum absolute atomic E-state index is 6.43. The van der Waals surface area contributed by atoms with Gasteiger partial charge in [-0.2, -0.15) is 4.98 Å². The number of hydrogen-bond donors (Lipinski definition) is 0. The molecule has 1 aliphatic rings. The number of morpholine rings is 1. The van der Waals surface area contributed by atoms with Crippen LogP contribution in [-0.4, -0.2) is 46.2 Å². The van der Waals surface area contributed by atoms with E-state index in [9.17, 15) is 0 Å². The van der Waals surface area contributed by atoms with Crippen LogP contribution in [-0.2, 0) is 11.3 Å². The van der Waals surface area contributed by atoms with Crippen LogP contribution >= 0.6 is 11.3 Å². The molecule has 0 aliphatic carbocycles. The minimum absolute atomic E-state index is 0.612. The van der Waals surface area contributed by atoms with Crippen LogP contribution in [0.15, 0.2) is 30.3 Å². The first-order valence-electron chi connectivity index (χ1n) is 10.2. The standard InChI is InChI=1S/C23H24N4O2S/c1-14-7-8-17-5-4-6-18(21(17)24-14)29-22-20-15(2)16(3)30-23(20)26-19(25-22)13-27-9-11-28-12-10-27/h4-8H,9-13H2,1-3H3. The van der Waals surface area contributed by atoms with Crippen LogP contribution in [0, 0.1) is 20.8 Å². The maximum atomic E-state index is 6.43. The molecule has 0 atom stereocenters. The normalized spacial score (nSPS) is 15.2. The van der Waals surface area contributed by atoms with Crippen molar-refractivity contribution < 1.29 is 9.47 Å². The molecule has 5 rings (SSSR count). The van der Waals surface area contributed by atoms with Crippen molar-refractivity contribution in [2.24, 2.45) is 0 Å². The molecule has 1 aliphatic heterocycles. The number of nitrogens with zero attached hydrogens (tertiary/aromatic N) is 4. The fraction of sp³-hybridized carbons (Fsp3) is 0.348. The molecule has 1 fully saturated rings. The highest BCUT2D eigenvalue weighted by molar-refractivity contribution is 7.18. The second-order valence-electron chi connectivity index (χ2n) is 7.68. The van der Waals surface area contributed by atoms with E-state index in [4.69, 9.17) is 24.4 Å². The summed E-state index contributed by atoms with van der Waals surface area (Å²) in [4.78, 5) is 19.0. The topological polar surface area (TPSA) is 60.4 Å². The second kappa shape index (κ2) is 7.91. The van der Waals surface area contributed by atoms with Crippen molar-refractivity contribution in [2.45, 2.75) is 27.3 Å². The van der Waals surface area contributed by atoms with Crippen molar-refractivity contribution >= 4 is 32.5 Å². The van der Waals surface area contributed by atoms with E-state index in [2.05, 4.69) is 24.8 Å². The summed E-state index contributed by atoms with van der Waals surface area (Å²) < 4.78 is 11.9. The molecule has 0 amide bonds. The average molecular weight is 421 g/mol. The van der Waals surface area contributed by atoms with Gasteiger partial charge in [-0.25, -0.2) is 9.97 Å². The van der Waals surface area contributed by atoms with Gasteiger partial charge >= 0.3 is 0 Å². The van der Waals surface area contributed by atoms with Gasteiger partial charge in [-0.1, -0.05) is 18.2 Å². The fourth-order valence-electron chi connectivity index (χ4n) is 3.76. The third-order valence-electron chi connectivity index (χ3n) is 5.54. The van der Waals surface area contributed by atoms with Crippen molar-refractivity contribution in [1.82, 2.24) is 19.9 Å². The Bertz CT molecular complexity index is 1230. The molecule has 4 heterocycles. The third kappa shape index (κ3) is 3.64. The van der Waals surface area contributed by atoms with Gasteiger partial charge in [0.25, 0.3) is 0 Å². The van der Waals surface area contributed by atoms with Crippen LogP contribution in [0.25, 0.3) is 21.1 Å². The van der Waals surface area contributed by atoms with Crippen LogP contribution in [0.1, 0.15) is 22.0 Å². The van der Waals surface area contributed by atoms with Gasteiger partial charge in [0.2, 0.25) is 5.88 Å². The van der Waals surface area contributed by atoms with Gasteiger partial charge in [-0.05, 0) is 38.5 Å². The average Bonchev–Trinajstić information content (AvgIpc) is 3.03. The SMILES string of the molecule is Cc1ccc2cccc(Oc3nc(CN4CCOCC4)nc4sc(C)c(C)c34)c2n1. The zero-order chi connectivity index (χ0) is 20.7. The Kier molecular flexibility index (Phi) is 5.10. The van der Waals surface area contributed by atoms with Crippen LogP contribution < -0.4 is 4.74 Å². The van der Waals surface area contributed by atoms with Gasteiger partial charge in [0.1, 0.15) is 16.2 Å². The Morgan fingerprint density at radius 2 is 1.87 bits per heavy atom. The summed E-state index contributed by atoms with van der Waals surface area (Å²) in [6.07, 6.45) is 0. The molecule has 0 radical (unpaired) electrons. The van der Waals surface area contributed by atoms with Crippen LogP contribution in [0.3, 0.4) is 0 Å². The Hall–Kier alpha value is -2.61. The van der Waals surface area contributed by atoms with E-state index in [1.165, 1.54) is 10.4 Å². The van der Waals surface area contributed by atoms with Gasteiger partial charge in [0.15, 0.2) is 5.75 Å². The first-order valence-corrected chi connectivity index (χ1v) is 11.0. The van der Waals surface area contributed by atoms with E-state index in [1.807, 2.05) is 31.2 Å². The van der Waals surface area contributed by atoms with E-state index in [0.717, 1.165) is 64.7 Å². The fourth-order valence-corrected chi connectivity index (χ4v) is 4.80. The molecule has 30 heavy (non-hydrogen) atoms. The number of thiophene rings is 1. The van der Waals surface area contributed by atoms with Crippen molar-refractivity contribution in [3.05, 3.63) is 52.3 Å². The maximum Gasteiger partial charge on any atom is 0.231 e. The molecule has 0 saturated carbocycles. The highest BCUT2D eigenvalue weighted by Crippen LogP contribution is 2.38. The lowest BCUT2D eigenvalue weighted by Crippen LogP contribution is -2.36. The zero-order valence-electron chi connectivity index (χ0n) is 17.4. The number of pyridine rings is 1. The molecule has 0 bridgehead atoms. The van der Waals surface area contributed by atoms with E-state index in [-0.39, 0.29) is 0 Å². The molecule has 7 heteroatoms. The molecule has 0 unspecified atom stereocenters. The number of aryl methyl sites for hydroxylation is 3. The van der Waals surface area contributed by atoms with E-state index < -0.39 is 0 Å². The Morgan fingerprint density at radius 1 is 1.03 bits per heavy atom. The van der Waals surface area contributed by atoms with Gasteiger partial charge in [-0.15, -0.1) is 11.3 Å². The molecule has 1 saturated heterocycles. The number of ether oxygens (including phenoxy) is 2. The van der Waals surface area contributed by atoms with E-state index >= 15 is 0 Å². The number of rotatable bonds is 4. The first-order chi connectivity index (χ1) is 14.6. The quantitative estimate of drug-likeness (QED) is 0.473. The largest absolute Gasteiger partial charge is 0.436 e. The summed E-state index contributed by atoms with van der Waals surface area (Å²) in [5.41, 5.74) is 2.98. The highest BCUT2D eigenvalue weighted by atomic mass is 32.1. The summed E-state index contributed by atoms with van der Waals surface area (Å²) in [7, 11) is 0. The van der Waals surface area contributed by atoms with Gasteiger partial charge < -0.3 is 9.47 Å². The molecular formula is C23H24N4O2S. The molecule has 4 aromatic rings. The predicted octanol–water partition coefficient (Wildman–Crippen LogP) is 4.79. The molecule has 0 spiro atoms. The summed E-state index contributed by atoms with van der Waals surface area (Å²) in [6, 6.07) is 10.1. The number of fused-ring (bicyclic) bond motifs is 2. The number of benzene rings is 1. The summed E-state index contributed by atoms with van der Waals surface area (Å²) in [6.45, 7) is 10.2. The molecule has 3 aromatic heterocycles. The van der Waals surface area contributed by atoms with E-state index in [1.54, 1.807) is 11.3 Å². The third-order valence-corrected chi connectivity index (χ3v) is 6.64. The molecule has 0 N–H and O–H groups in total. The Labute approximate surface area is 179 Å². The smallest absolute Gasteiger partial charge is 0.231 e. The van der Waals surface area contributed by atoms with Crippen molar-refractivity contribution in [1.29, 1.82) is 0 Å². The number of hydrogen-bond acceptors (Lipinski definition) is 7. The predicted molar refractivity (Wildman–Crippen MR) is 120 cm³/mol. The number of aromatic nitrogens is 3. The molecule has 6 nitrogen and oxygen atoms in total. The van der Waals surface area contributed by atoms with Crippen LogP contribution in [0.5, 0.6) is 11.6 Å². The first kappa shape index (κ1) is 19.4. The minimum Gasteiger partial charge on any atom is -0.436 e. The highest BCUT2D eigenvalue weighted by Gasteiger charge is 2.19. The molecular weight excluding hydrogens is 396 g/mol. The monoisotopic (exact) mass is 420 g/mol. The van der Waals surface area contributed by atoms with Crippen molar-refractivity contribution in [3.8, 4) is 11.6 Å². The Morgan fingerprint density at radius 3 is 2.70 bits per heavy atom. The molecule has 1 aromatic carbocycles. The van der Waals surface area contributed by atoms with Crippen LogP contribution in [0.2, 0.25) is 0 Å². The van der Waals surface area contributed by atoms with Gasteiger partial charge in [0.05, 0.1) is 25.1 Å². The lowest BCUT2D eigenvalue weighted by atomic mass is 10.2. The lowest BCUT2D eigenvalue weighted by Gasteiger charge is -2.25. The van der Waals surface area contributed by atoms with Crippen molar-refractivity contribution in [2.75, 3.05) is 26.3 Å². The Balaban J connectivity index is 1.59. The summed E-state index contributed by atoms with van der Waals surface area (Å²) in [5, 5.41) is 2.04. The number of para-hydroxylation sites is 1. The van der Waals surface area contributed by atoms with Gasteiger partial charge in [-0.3, -0.25) is 4.90 Å². The van der Waals surface area contributed by atoms with Crippen molar-refractivity contribution in [3.63, 3.8) is 0 Å². The summed E-state index contributed by atoms with van der Waals surface area (Å²) in [5.74, 6) is 2.11. The minimum atomic E-state index is 0.612. The van der Waals surface area contributed by atoms with Gasteiger partial charge in [0, 0.05) is 29.0 Å². The second-order valence-corrected chi connectivity index (χ2v) is 8.88. The summed E-state index contributed by atoms with van der Waals surface area (Å²) >= 11 is 1.70.